The first-order valence-corrected chi connectivity index (χ1v) is 9.65. The number of nitrogens with zero attached hydrogens (tertiary/aromatic N) is 1. The van der Waals surface area contributed by atoms with E-state index >= 15 is 0 Å². The van der Waals surface area contributed by atoms with Gasteiger partial charge in [-0.3, -0.25) is 9.59 Å². The minimum Gasteiger partial charge on any atom is -0.466 e. The minimum absolute atomic E-state index is 0.00349. The van der Waals surface area contributed by atoms with Gasteiger partial charge >= 0.3 is 12.3 Å². The summed E-state index contributed by atoms with van der Waals surface area (Å²) in [7, 11) is 0. The number of hydrogen-bond donors (Lipinski definition) is 1. The highest BCUT2D eigenvalue weighted by Crippen LogP contribution is 2.51. The van der Waals surface area contributed by atoms with Crippen molar-refractivity contribution in [3.05, 3.63) is 24.3 Å². The molecule has 29 heavy (non-hydrogen) atoms. The standard InChI is InChI=1S/C20H24F3NO5/c1-2-28-18(27)11-16-19(9-7-14(25)8-10-19)12-17(26)24(16)13-3-5-15(6-4-13)29-20(21,22)23/h3-6,14,16,25H,2,7-12H2,1H3/t14-,16?,19-. The van der Waals surface area contributed by atoms with Crippen molar-refractivity contribution < 1.29 is 37.3 Å². The van der Waals surface area contributed by atoms with Gasteiger partial charge in [-0.1, -0.05) is 0 Å². The summed E-state index contributed by atoms with van der Waals surface area (Å²) in [5, 5.41) is 9.88. The molecular weight excluding hydrogens is 391 g/mol. The fourth-order valence-electron chi connectivity index (χ4n) is 4.46. The lowest BCUT2D eigenvalue weighted by atomic mass is 9.67. The highest BCUT2D eigenvalue weighted by atomic mass is 19.4. The Bertz CT molecular complexity index is 741. The number of carbonyl (C=O) groups excluding carboxylic acids is 2. The lowest BCUT2D eigenvalue weighted by Gasteiger charge is -2.41. The maximum absolute atomic E-state index is 12.9. The maximum Gasteiger partial charge on any atom is 0.573 e. The number of hydrogen-bond acceptors (Lipinski definition) is 5. The summed E-state index contributed by atoms with van der Waals surface area (Å²) >= 11 is 0. The van der Waals surface area contributed by atoms with Crippen molar-refractivity contribution in [2.24, 2.45) is 5.41 Å². The van der Waals surface area contributed by atoms with Gasteiger partial charge in [0, 0.05) is 17.5 Å². The Morgan fingerprint density at radius 1 is 1.24 bits per heavy atom. The molecule has 1 aliphatic carbocycles. The second-order valence-corrected chi connectivity index (χ2v) is 7.60. The van der Waals surface area contributed by atoms with Crippen LogP contribution in [0.5, 0.6) is 5.75 Å². The summed E-state index contributed by atoms with van der Waals surface area (Å²) in [5.74, 6) is -1.01. The molecule has 6 nitrogen and oxygen atoms in total. The number of aliphatic hydroxyl groups is 1. The van der Waals surface area contributed by atoms with E-state index in [4.69, 9.17) is 4.74 Å². The molecule has 1 spiro atoms. The van der Waals surface area contributed by atoms with E-state index in [0.717, 1.165) is 12.1 Å². The molecule has 1 aromatic rings. The number of ether oxygens (including phenoxy) is 2. The zero-order chi connectivity index (χ0) is 21.2. The van der Waals surface area contributed by atoms with E-state index in [1.165, 1.54) is 17.0 Å². The number of halogens is 3. The fourth-order valence-corrected chi connectivity index (χ4v) is 4.46. The van der Waals surface area contributed by atoms with E-state index in [-0.39, 0.29) is 31.1 Å². The van der Waals surface area contributed by atoms with E-state index in [1.807, 2.05) is 0 Å². The first kappa shape index (κ1) is 21.4. The van der Waals surface area contributed by atoms with Gasteiger partial charge in [0.2, 0.25) is 5.91 Å². The molecule has 3 rings (SSSR count). The molecule has 9 heteroatoms. The molecule has 1 aromatic carbocycles. The summed E-state index contributed by atoms with van der Waals surface area (Å²) in [6.45, 7) is 1.91. The lowest BCUT2D eigenvalue weighted by Crippen LogP contribution is -2.44. The van der Waals surface area contributed by atoms with Crippen molar-refractivity contribution in [1.29, 1.82) is 0 Å². The molecule has 1 N–H and O–H groups in total. The molecule has 1 saturated heterocycles. The molecule has 0 bridgehead atoms. The number of anilines is 1. The number of carbonyl (C=O) groups is 2. The summed E-state index contributed by atoms with van der Waals surface area (Å²) in [5.41, 5.74) is -0.0636. The van der Waals surface area contributed by atoms with Crippen LogP contribution >= 0.6 is 0 Å². The van der Waals surface area contributed by atoms with Gasteiger partial charge < -0.3 is 19.5 Å². The zero-order valence-electron chi connectivity index (χ0n) is 16.1. The molecule has 0 radical (unpaired) electrons. The number of benzene rings is 1. The van der Waals surface area contributed by atoms with Gasteiger partial charge in [-0.15, -0.1) is 13.2 Å². The third-order valence-electron chi connectivity index (χ3n) is 5.76. The molecule has 1 saturated carbocycles. The van der Waals surface area contributed by atoms with Gasteiger partial charge in [-0.2, -0.15) is 0 Å². The summed E-state index contributed by atoms with van der Waals surface area (Å²) in [6, 6.07) is 4.58. The van der Waals surface area contributed by atoms with E-state index in [0.29, 0.717) is 31.4 Å². The normalized spacial score (nSPS) is 27.3. The van der Waals surface area contributed by atoms with Crippen molar-refractivity contribution in [2.75, 3.05) is 11.5 Å². The third-order valence-corrected chi connectivity index (χ3v) is 5.76. The molecule has 1 aliphatic heterocycles. The van der Waals surface area contributed by atoms with Crippen molar-refractivity contribution in [1.82, 2.24) is 0 Å². The van der Waals surface area contributed by atoms with Crippen LogP contribution in [0.25, 0.3) is 0 Å². The third kappa shape index (κ3) is 4.83. The number of aliphatic hydroxyl groups excluding tert-OH is 1. The average Bonchev–Trinajstić information content (AvgIpc) is 2.89. The Balaban J connectivity index is 1.88. The second-order valence-electron chi connectivity index (χ2n) is 7.60. The molecule has 160 valence electrons. The number of amides is 1. The van der Waals surface area contributed by atoms with Crippen LogP contribution in [0.3, 0.4) is 0 Å². The SMILES string of the molecule is CCOC(=O)CC1N(c2ccc(OC(F)(F)F)cc2)C(=O)C[C@]12CC[C@@H](O)CC2. The lowest BCUT2D eigenvalue weighted by molar-refractivity contribution is -0.274. The van der Waals surface area contributed by atoms with Crippen molar-refractivity contribution in [3.8, 4) is 5.75 Å². The molecule has 0 aromatic heterocycles. The number of esters is 1. The number of rotatable bonds is 5. The average molecular weight is 415 g/mol. The van der Waals surface area contributed by atoms with Crippen LogP contribution in [0.2, 0.25) is 0 Å². The van der Waals surface area contributed by atoms with Crippen molar-refractivity contribution in [2.45, 2.75) is 64.0 Å². The van der Waals surface area contributed by atoms with E-state index in [2.05, 4.69) is 4.74 Å². The fraction of sp³-hybridized carbons (Fsp3) is 0.600. The number of alkyl halides is 3. The Labute approximate surface area is 166 Å². The van der Waals surface area contributed by atoms with E-state index < -0.39 is 29.9 Å². The van der Waals surface area contributed by atoms with Crippen LogP contribution in [0.4, 0.5) is 18.9 Å². The van der Waals surface area contributed by atoms with Crippen LogP contribution in [0, 0.1) is 5.41 Å². The largest absolute Gasteiger partial charge is 0.573 e. The zero-order valence-corrected chi connectivity index (χ0v) is 16.1. The van der Waals surface area contributed by atoms with Crippen LogP contribution in [-0.2, 0) is 14.3 Å². The minimum atomic E-state index is -4.80. The molecular formula is C20H24F3NO5. The summed E-state index contributed by atoms with van der Waals surface area (Å²) in [6.07, 6.45) is -2.74. The van der Waals surface area contributed by atoms with Crippen LogP contribution in [-0.4, -0.2) is 42.1 Å². The molecule has 1 heterocycles. The van der Waals surface area contributed by atoms with Gasteiger partial charge in [-0.05, 0) is 56.9 Å². The Hall–Kier alpha value is -2.29. The monoisotopic (exact) mass is 415 g/mol. The van der Waals surface area contributed by atoms with Crippen molar-refractivity contribution in [3.63, 3.8) is 0 Å². The van der Waals surface area contributed by atoms with E-state index in [9.17, 15) is 27.9 Å². The van der Waals surface area contributed by atoms with Crippen LogP contribution < -0.4 is 9.64 Å². The van der Waals surface area contributed by atoms with E-state index in [1.54, 1.807) is 6.92 Å². The highest BCUT2D eigenvalue weighted by molar-refractivity contribution is 5.98. The topological polar surface area (TPSA) is 76.1 Å². The quantitative estimate of drug-likeness (QED) is 0.745. The van der Waals surface area contributed by atoms with Crippen LogP contribution in [0.1, 0.15) is 45.4 Å². The smallest absolute Gasteiger partial charge is 0.466 e. The maximum atomic E-state index is 12.9. The Morgan fingerprint density at radius 3 is 2.41 bits per heavy atom. The van der Waals surface area contributed by atoms with Crippen molar-refractivity contribution >= 4 is 17.6 Å². The van der Waals surface area contributed by atoms with Gasteiger partial charge in [0.05, 0.1) is 25.2 Å². The molecule has 1 unspecified atom stereocenters. The predicted molar refractivity (Wildman–Crippen MR) is 97.2 cm³/mol. The van der Waals surface area contributed by atoms with Gasteiger partial charge in [0.25, 0.3) is 0 Å². The summed E-state index contributed by atoms with van der Waals surface area (Å²) < 4.78 is 46.2. The van der Waals surface area contributed by atoms with Gasteiger partial charge in [-0.25, -0.2) is 0 Å². The Kier molecular flexibility index (Phi) is 6.07. The van der Waals surface area contributed by atoms with Crippen LogP contribution in [0.15, 0.2) is 24.3 Å². The van der Waals surface area contributed by atoms with Gasteiger partial charge in [0.1, 0.15) is 5.75 Å². The van der Waals surface area contributed by atoms with Gasteiger partial charge in [0.15, 0.2) is 0 Å². The highest BCUT2D eigenvalue weighted by Gasteiger charge is 2.53. The molecule has 1 amide bonds. The molecule has 1 atom stereocenters. The predicted octanol–water partition coefficient (Wildman–Crippen LogP) is 3.57. The molecule has 2 fully saturated rings. The second kappa shape index (κ2) is 8.22. The molecule has 2 aliphatic rings. The summed E-state index contributed by atoms with van der Waals surface area (Å²) in [4.78, 5) is 26.6. The Morgan fingerprint density at radius 2 is 1.86 bits per heavy atom. The first-order chi connectivity index (χ1) is 13.6. The first-order valence-electron chi connectivity index (χ1n) is 9.65.